The number of carbonyl (C=O) groups is 1. The average molecular weight is 368 g/mol. The van der Waals surface area contributed by atoms with E-state index < -0.39 is 0 Å². The SMILES string of the molecule is COc1cc(N2COC3=CCC(C)=NC=C3C2=O)ccc1OCCC1CC1. The van der Waals surface area contributed by atoms with Crippen molar-refractivity contribution >= 4 is 17.3 Å². The van der Waals surface area contributed by atoms with Gasteiger partial charge >= 0.3 is 0 Å². The van der Waals surface area contributed by atoms with Gasteiger partial charge in [0.15, 0.2) is 18.2 Å². The molecule has 0 atom stereocenters. The van der Waals surface area contributed by atoms with E-state index in [1.54, 1.807) is 18.2 Å². The quantitative estimate of drug-likeness (QED) is 0.766. The molecule has 2 aliphatic heterocycles. The Morgan fingerprint density at radius 2 is 2.15 bits per heavy atom. The zero-order chi connectivity index (χ0) is 18.8. The number of aliphatic imine (C=N–C) groups is 1. The number of allylic oxidation sites excluding steroid dienone is 1. The zero-order valence-electron chi connectivity index (χ0n) is 15.7. The molecule has 3 aliphatic rings. The smallest absolute Gasteiger partial charge is 0.266 e. The fourth-order valence-electron chi connectivity index (χ4n) is 3.15. The molecule has 2 fully saturated rings. The van der Waals surface area contributed by atoms with Crippen LogP contribution in [0.25, 0.3) is 0 Å². The maximum Gasteiger partial charge on any atom is 0.266 e. The Kier molecular flexibility index (Phi) is 4.88. The number of ether oxygens (including phenoxy) is 3. The van der Waals surface area contributed by atoms with Gasteiger partial charge < -0.3 is 14.2 Å². The van der Waals surface area contributed by atoms with Crippen LogP contribution in [0.3, 0.4) is 0 Å². The van der Waals surface area contributed by atoms with Crippen molar-refractivity contribution in [3.05, 3.63) is 41.8 Å². The van der Waals surface area contributed by atoms with Crippen LogP contribution in [-0.4, -0.2) is 32.1 Å². The Balaban J connectivity index is 1.53. The van der Waals surface area contributed by atoms with Crippen LogP contribution in [0.1, 0.15) is 32.6 Å². The molecule has 142 valence electrons. The lowest BCUT2D eigenvalue weighted by molar-refractivity contribution is -0.117. The Morgan fingerprint density at radius 3 is 2.93 bits per heavy atom. The Bertz CT molecular complexity index is 837. The fourth-order valence-corrected chi connectivity index (χ4v) is 3.15. The van der Waals surface area contributed by atoms with Crippen LogP contribution in [0.15, 0.2) is 46.8 Å². The fraction of sp³-hybridized carbons (Fsp3) is 0.429. The molecule has 0 spiro atoms. The highest BCUT2D eigenvalue weighted by molar-refractivity contribution is 6.09. The van der Waals surface area contributed by atoms with Crippen LogP contribution in [0.4, 0.5) is 5.69 Å². The summed E-state index contributed by atoms with van der Waals surface area (Å²) in [5.74, 6) is 2.60. The minimum Gasteiger partial charge on any atom is -0.493 e. The van der Waals surface area contributed by atoms with E-state index in [1.165, 1.54) is 12.8 Å². The third-order valence-corrected chi connectivity index (χ3v) is 5.03. The average Bonchev–Trinajstić information content (AvgIpc) is 3.51. The van der Waals surface area contributed by atoms with E-state index in [9.17, 15) is 4.79 Å². The van der Waals surface area contributed by atoms with E-state index in [2.05, 4.69) is 4.99 Å². The lowest BCUT2D eigenvalue weighted by atomic mass is 10.1. The Hall–Kier alpha value is -2.76. The van der Waals surface area contributed by atoms with Gasteiger partial charge in [-0.3, -0.25) is 14.7 Å². The molecule has 1 saturated carbocycles. The lowest BCUT2D eigenvalue weighted by Gasteiger charge is -2.30. The third kappa shape index (κ3) is 3.84. The predicted octanol–water partition coefficient (Wildman–Crippen LogP) is 3.83. The summed E-state index contributed by atoms with van der Waals surface area (Å²) in [6, 6.07) is 5.52. The number of hydrogen-bond acceptors (Lipinski definition) is 5. The highest BCUT2D eigenvalue weighted by atomic mass is 16.5. The van der Waals surface area contributed by atoms with Crippen molar-refractivity contribution in [3.63, 3.8) is 0 Å². The van der Waals surface area contributed by atoms with Gasteiger partial charge in [-0.25, -0.2) is 0 Å². The molecule has 0 bridgehead atoms. The molecule has 27 heavy (non-hydrogen) atoms. The molecule has 1 amide bonds. The molecule has 1 aromatic carbocycles. The predicted molar refractivity (Wildman–Crippen MR) is 103 cm³/mol. The summed E-state index contributed by atoms with van der Waals surface area (Å²) < 4.78 is 17.1. The number of nitrogens with zero attached hydrogens (tertiary/aromatic N) is 2. The van der Waals surface area contributed by atoms with Gasteiger partial charge in [0.1, 0.15) is 11.3 Å². The van der Waals surface area contributed by atoms with Crippen molar-refractivity contribution in [3.8, 4) is 11.5 Å². The van der Waals surface area contributed by atoms with E-state index in [0.717, 1.165) is 18.1 Å². The maximum absolute atomic E-state index is 13.0. The molecule has 0 radical (unpaired) electrons. The number of methoxy groups -OCH3 is 1. The molecule has 0 aromatic heterocycles. The summed E-state index contributed by atoms with van der Waals surface area (Å²) in [5.41, 5.74) is 2.12. The maximum atomic E-state index is 13.0. The standard InChI is InChI=1S/C21H24N2O4/c1-14-3-7-18-17(12-22-14)21(24)23(13-27-18)16-6-8-19(20(11-16)25-2)26-10-9-15-4-5-15/h6-8,11-12,15H,3-5,9-10,13H2,1-2H3. The van der Waals surface area contributed by atoms with E-state index >= 15 is 0 Å². The van der Waals surface area contributed by atoms with Crippen LogP contribution in [0.5, 0.6) is 11.5 Å². The highest BCUT2D eigenvalue weighted by Crippen LogP contribution is 2.36. The molecular formula is C21H24N2O4. The summed E-state index contributed by atoms with van der Waals surface area (Å²) in [6.45, 7) is 2.77. The number of rotatable bonds is 6. The van der Waals surface area contributed by atoms with Crippen molar-refractivity contribution in [2.24, 2.45) is 10.9 Å². The van der Waals surface area contributed by atoms with Gasteiger partial charge in [-0.15, -0.1) is 0 Å². The third-order valence-electron chi connectivity index (χ3n) is 5.03. The van der Waals surface area contributed by atoms with E-state index in [0.29, 0.717) is 41.5 Å². The summed E-state index contributed by atoms with van der Waals surface area (Å²) in [5, 5.41) is 0. The number of anilines is 1. The van der Waals surface area contributed by atoms with Crippen LogP contribution >= 0.6 is 0 Å². The van der Waals surface area contributed by atoms with Crippen LogP contribution in [-0.2, 0) is 9.53 Å². The summed E-state index contributed by atoms with van der Waals surface area (Å²) in [7, 11) is 1.60. The second kappa shape index (κ2) is 7.47. The second-order valence-electron chi connectivity index (χ2n) is 7.10. The minimum atomic E-state index is -0.129. The number of benzene rings is 1. The van der Waals surface area contributed by atoms with Crippen molar-refractivity contribution in [1.29, 1.82) is 0 Å². The Labute approximate surface area is 159 Å². The van der Waals surface area contributed by atoms with Gasteiger partial charge in [-0.05, 0) is 37.5 Å². The largest absolute Gasteiger partial charge is 0.493 e. The summed E-state index contributed by atoms with van der Waals surface area (Å²) in [4.78, 5) is 18.9. The topological polar surface area (TPSA) is 60.4 Å². The molecule has 1 saturated heterocycles. The van der Waals surface area contributed by atoms with Gasteiger partial charge in [-0.1, -0.05) is 12.8 Å². The normalized spacial score (nSPS) is 19.3. The van der Waals surface area contributed by atoms with Crippen LogP contribution in [0, 0.1) is 5.92 Å². The van der Waals surface area contributed by atoms with Crippen molar-refractivity contribution in [2.75, 3.05) is 25.3 Å². The highest BCUT2D eigenvalue weighted by Gasteiger charge is 2.31. The molecule has 1 aliphatic carbocycles. The van der Waals surface area contributed by atoms with Crippen LogP contribution in [0.2, 0.25) is 0 Å². The number of amides is 1. The first-order chi connectivity index (χ1) is 13.2. The number of hydrogen-bond donors (Lipinski definition) is 0. The van der Waals surface area contributed by atoms with Gasteiger partial charge in [-0.2, -0.15) is 0 Å². The van der Waals surface area contributed by atoms with Gasteiger partial charge in [0, 0.05) is 24.4 Å². The monoisotopic (exact) mass is 368 g/mol. The first kappa shape index (κ1) is 17.6. The summed E-state index contributed by atoms with van der Waals surface area (Å²) in [6.07, 6.45) is 7.88. The second-order valence-corrected chi connectivity index (χ2v) is 7.10. The van der Waals surface area contributed by atoms with Gasteiger partial charge in [0.25, 0.3) is 5.91 Å². The number of fused-ring (bicyclic) bond motifs is 1. The number of carbonyl (C=O) groups excluding carboxylic acids is 1. The molecule has 4 rings (SSSR count). The molecule has 6 nitrogen and oxygen atoms in total. The first-order valence-electron chi connectivity index (χ1n) is 9.35. The minimum absolute atomic E-state index is 0.129. The zero-order valence-corrected chi connectivity index (χ0v) is 15.7. The van der Waals surface area contributed by atoms with E-state index in [4.69, 9.17) is 14.2 Å². The molecule has 0 N–H and O–H groups in total. The Morgan fingerprint density at radius 1 is 1.30 bits per heavy atom. The lowest BCUT2D eigenvalue weighted by Crippen LogP contribution is -2.39. The molecule has 2 heterocycles. The molecule has 0 unspecified atom stereocenters. The van der Waals surface area contributed by atoms with Crippen molar-refractivity contribution < 1.29 is 19.0 Å². The molecular weight excluding hydrogens is 344 g/mol. The first-order valence-corrected chi connectivity index (χ1v) is 9.35. The van der Waals surface area contributed by atoms with Crippen molar-refractivity contribution in [1.82, 2.24) is 0 Å². The van der Waals surface area contributed by atoms with E-state index in [1.807, 2.05) is 31.2 Å². The van der Waals surface area contributed by atoms with Gasteiger partial charge in [0.05, 0.1) is 19.4 Å². The molecule has 6 heteroatoms. The van der Waals surface area contributed by atoms with Crippen LogP contribution < -0.4 is 14.4 Å². The molecule has 1 aromatic rings. The van der Waals surface area contributed by atoms with Gasteiger partial charge in [0.2, 0.25) is 0 Å². The van der Waals surface area contributed by atoms with Crippen molar-refractivity contribution in [2.45, 2.75) is 32.6 Å². The summed E-state index contributed by atoms with van der Waals surface area (Å²) >= 11 is 0. The van der Waals surface area contributed by atoms with E-state index in [-0.39, 0.29) is 12.6 Å².